The summed E-state index contributed by atoms with van der Waals surface area (Å²) in [5.41, 5.74) is 12.4. The van der Waals surface area contributed by atoms with Crippen molar-refractivity contribution in [3.63, 3.8) is 0 Å². The van der Waals surface area contributed by atoms with Crippen LogP contribution in [0.15, 0.2) is 109 Å². The van der Waals surface area contributed by atoms with Gasteiger partial charge < -0.3 is 29.6 Å². The highest BCUT2D eigenvalue weighted by molar-refractivity contribution is 5.93. The van der Waals surface area contributed by atoms with Crippen LogP contribution in [0.25, 0.3) is 6.08 Å². The summed E-state index contributed by atoms with van der Waals surface area (Å²) in [4.78, 5) is 20.1. The highest BCUT2D eigenvalue weighted by Gasteiger charge is 2.32. The fraction of sp³-hybridized carbons (Fsp3) is 0.200. The van der Waals surface area contributed by atoms with E-state index in [9.17, 15) is 4.79 Å². The van der Waals surface area contributed by atoms with Crippen LogP contribution in [-0.4, -0.2) is 36.6 Å². The van der Waals surface area contributed by atoms with Crippen LogP contribution < -0.4 is 24.7 Å². The molecule has 1 amide bonds. The van der Waals surface area contributed by atoms with Crippen molar-refractivity contribution in [2.24, 2.45) is 0 Å². The van der Waals surface area contributed by atoms with Gasteiger partial charge in [-0.15, -0.1) is 0 Å². The van der Waals surface area contributed by atoms with Crippen molar-refractivity contribution in [3.05, 3.63) is 148 Å². The number of fused-ring (bicyclic) bond motifs is 1. The SMILES string of the molecule is COc1cc(C)c(/C=C/C2c3cc(OC)c(OCc4ccccc4)cc3CCN2C(=O)c2cccc(N)n2)cc1OCc1ccccc1. The van der Waals surface area contributed by atoms with Crippen molar-refractivity contribution in [3.8, 4) is 23.0 Å². The molecule has 1 aliphatic heterocycles. The molecule has 2 heterocycles. The number of hydrogen-bond donors (Lipinski definition) is 1. The Kier molecular flexibility index (Phi) is 9.91. The van der Waals surface area contributed by atoms with E-state index in [-0.39, 0.29) is 5.91 Å². The number of ether oxygens (including phenoxy) is 4. The maximum Gasteiger partial charge on any atom is 0.273 e. The molecule has 1 aromatic heterocycles. The van der Waals surface area contributed by atoms with Gasteiger partial charge in [0, 0.05) is 6.54 Å². The highest BCUT2D eigenvalue weighted by atomic mass is 16.5. The fourth-order valence-corrected chi connectivity index (χ4v) is 5.88. The van der Waals surface area contributed by atoms with Crippen LogP contribution in [0.3, 0.4) is 0 Å². The molecule has 48 heavy (non-hydrogen) atoms. The summed E-state index contributed by atoms with van der Waals surface area (Å²) in [5.74, 6) is 2.63. The monoisotopic (exact) mass is 641 g/mol. The first kappa shape index (κ1) is 32.2. The van der Waals surface area contributed by atoms with Gasteiger partial charge in [-0.25, -0.2) is 4.98 Å². The first-order valence-corrected chi connectivity index (χ1v) is 15.9. The minimum absolute atomic E-state index is 0.204. The van der Waals surface area contributed by atoms with E-state index in [2.05, 4.69) is 4.98 Å². The lowest BCUT2D eigenvalue weighted by molar-refractivity contribution is 0.0694. The third-order valence-electron chi connectivity index (χ3n) is 8.44. The predicted molar refractivity (Wildman–Crippen MR) is 187 cm³/mol. The number of aromatic nitrogens is 1. The number of nitrogens with two attached hydrogens (primary N) is 1. The smallest absolute Gasteiger partial charge is 0.273 e. The van der Waals surface area contributed by atoms with Crippen molar-refractivity contribution in [2.45, 2.75) is 32.6 Å². The van der Waals surface area contributed by atoms with Gasteiger partial charge in [0.05, 0.1) is 20.3 Å². The third kappa shape index (κ3) is 7.28. The van der Waals surface area contributed by atoms with E-state index in [4.69, 9.17) is 24.7 Å². The van der Waals surface area contributed by atoms with Gasteiger partial charge in [-0.1, -0.05) is 78.9 Å². The van der Waals surface area contributed by atoms with Crippen LogP contribution >= 0.6 is 0 Å². The summed E-state index contributed by atoms with van der Waals surface area (Å²) in [7, 11) is 3.26. The lowest BCUT2D eigenvalue weighted by Gasteiger charge is -2.36. The quantitative estimate of drug-likeness (QED) is 0.159. The Hall–Kier alpha value is -5.76. The van der Waals surface area contributed by atoms with E-state index in [0.29, 0.717) is 60.7 Å². The lowest BCUT2D eigenvalue weighted by Crippen LogP contribution is -2.39. The molecule has 1 unspecified atom stereocenters. The van der Waals surface area contributed by atoms with Gasteiger partial charge in [0.25, 0.3) is 5.91 Å². The molecular formula is C40H39N3O5. The zero-order valence-corrected chi connectivity index (χ0v) is 27.4. The maximum atomic E-state index is 14.0. The average molecular weight is 642 g/mol. The number of methoxy groups -OCH3 is 2. The zero-order chi connectivity index (χ0) is 33.5. The molecule has 0 spiro atoms. The number of nitrogen functional groups attached to an aromatic ring is 1. The number of hydrogen-bond acceptors (Lipinski definition) is 7. The Labute approximate surface area is 281 Å². The van der Waals surface area contributed by atoms with Gasteiger partial charge in [0.2, 0.25) is 0 Å². The van der Waals surface area contributed by atoms with Crippen molar-refractivity contribution in [2.75, 3.05) is 26.5 Å². The third-order valence-corrected chi connectivity index (χ3v) is 8.44. The highest BCUT2D eigenvalue weighted by Crippen LogP contribution is 2.40. The van der Waals surface area contributed by atoms with Gasteiger partial charge in [0.1, 0.15) is 24.7 Å². The number of aryl methyl sites for hydroxylation is 1. The van der Waals surface area contributed by atoms with E-state index in [1.807, 2.05) is 109 Å². The van der Waals surface area contributed by atoms with E-state index >= 15 is 0 Å². The molecular weight excluding hydrogens is 602 g/mol. The van der Waals surface area contributed by atoms with E-state index in [0.717, 1.165) is 33.4 Å². The molecule has 8 nitrogen and oxygen atoms in total. The summed E-state index contributed by atoms with van der Waals surface area (Å²) in [6, 6.07) is 32.7. The average Bonchev–Trinajstić information content (AvgIpc) is 3.12. The summed E-state index contributed by atoms with van der Waals surface area (Å²) in [6.07, 6.45) is 4.71. The number of amides is 1. The van der Waals surface area contributed by atoms with Crippen LogP contribution in [0.2, 0.25) is 0 Å². The maximum absolute atomic E-state index is 14.0. The van der Waals surface area contributed by atoms with Gasteiger partial charge >= 0.3 is 0 Å². The Balaban J connectivity index is 1.36. The molecule has 0 saturated carbocycles. The Morgan fingerprint density at radius 1 is 0.812 bits per heavy atom. The molecule has 6 rings (SSSR count). The minimum Gasteiger partial charge on any atom is -0.493 e. The summed E-state index contributed by atoms with van der Waals surface area (Å²) in [6.45, 7) is 3.32. The molecule has 4 aromatic carbocycles. The Morgan fingerprint density at radius 3 is 2.06 bits per heavy atom. The molecule has 1 atom stereocenters. The zero-order valence-electron chi connectivity index (χ0n) is 27.4. The van der Waals surface area contributed by atoms with Crippen LogP contribution in [-0.2, 0) is 19.6 Å². The Bertz CT molecular complexity index is 1910. The largest absolute Gasteiger partial charge is 0.493 e. The van der Waals surface area contributed by atoms with Crippen LogP contribution in [0, 0.1) is 6.92 Å². The summed E-state index contributed by atoms with van der Waals surface area (Å²) >= 11 is 0. The number of anilines is 1. The summed E-state index contributed by atoms with van der Waals surface area (Å²) < 4.78 is 23.9. The molecule has 0 aliphatic carbocycles. The fourth-order valence-electron chi connectivity index (χ4n) is 5.88. The number of benzene rings is 4. The van der Waals surface area contributed by atoms with Crippen LogP contribution in [0.5, 0.6) is 23.0 Å². The van der Waals surface area contributed by atoms with Gasteiger partial charge in [-0.3, -0.25) is 4.79 Å². The first-order chi connectivity index (χ1) is 23.4. The molecule has 0 bridgehead atoms. The molecule has 244 valence electrons. The molecule has 8 heteroatoms. The van der Waals surface area contributed by atoms with Gasteiger partial charge in [-0.05, 0) is 83.1 Å². The second kappa shape index (κ2) is 14.8. The van der Waals surface area contributed by atoms with Gasteiger partial charge in [-0.2, -0.15) is 0 Å². The van der Waals surface area contributed by atoms with Gasteiger partial charge in [0.15, 0.2) is 23.0 Å². The number of carbonyl (C=O) groups is 1. The molecule has 1 aliphatic rings. The predicted octanol–water partition coefficient (Wildman–Crippen LogP) is 7.60. The van der Waals surface area contributed by atoms with E-state index in [1.165, 1.54) is 0 Å². The van der Waals surface area contributed by atoms with Crippen molar-refractivity contribution in [1.82, 2.24) is 9.88 Å². The van der Waals surface area contributed by atoms with Crippen molar-refractivity contribution in [1.29, 1.82) is 0 Å². The first-order valence-electron chi connectivity index (χ1n) is 15.9. The topological polar surface area (TPSA) is 96.1 Å². The molecule has 5 aromatic rings. The van der Waals surface area contributed by atoms with Crippen LogP contribution in [0.1, 0.15) is 49.9 Å². The molecule has 0 fully saturated rings. The normalized spacial score (nSPS) is 14.0. The summed E-state index contributed by atoms with van der Waals surface area (Å²) in [5, 5.41) is 0. The lowest BCUT2D eigenvalue weighted by atomic mass is 9.90. The Morgan fingerprint density at radius 2 is 1.44 bits per heavy atom. The number of nitrogens with zero attached hydrogens (tertiary/aromatic N) is 2. The van der Waals surface area contributed by atoms with E-state index < -0.39 is 6.04 Å². The minimum atomic E-state index is -0.420. The number of rotatable bonds is 11. The second-order valence-corrected chi connectivity index (χ2v) is 11.6. The number of carbonyl (C=O) groups excluding carboxylic acids is 1. The molecule has 0 saturated heterocycles. The number of pyridine rings is 1. The van der Waals surface area contributed by atoms with E-state index in [1.54, 1.807) is 32.4 Å². The van der Waals surface area contributed by atoms with Crippen molar-refractivity contribution < 1.29 is 23.7 Å². The standard InChI is InChI=1S/C40H39N3O5/c1-27-21-35(45-2)37(47-25-28-11-6-4-7-12-28)22-30(27)17-18-34-32-24-36(46-3)38(48-26-29-13-8-5-9-14-29)23-31(32)19-20-43(34)40(44)33-15-10-16-39(41)42-33/h4-18,21-24,34H,19-20,25-26H2,1-3H3,(H2,41,42)/b18-17+. The van der Waals surface area contributed by atoms with Crippen LogP contribution in [0.4, 0.5) is 5.82 Å². The molecule has 0 radical (unpaired) electrons. The second-order valence-electron chi connectivity index (χ2n) is 11.6. The molecule has 2 N–H and O–H groups in total. The van der Waals surface area contributed by atoms with Crippen molar-refractivity contribution >= 4 is 17.8 Å².